The van der Waals surface area contributed by atoms with Crippen molar-refractivity contribution in [3.05, 3.63) is 76.3 Å². The Hall–Kier alpha value is -3.65. The van der Waals surface area contributed by atoms with E-state index in [0.717, 1.165) is 17.0 Å². The van der Waals surface area contributed by atoms with Gasteiger partial charge in [-0.3, -0.25) is 14.9 Å². The highest BCUT2D eigenvalue weighted by molar-refractivity contribution is 5.60. The molecule has 166 valence electrons. The zero-order valence-corrected chi connectivity index (χ0v) is 18.6. The zero-order valence-electron chi connectivity index (χ0n) is 18.6. The lowest BCUT2D eigenvalue weighted by Gasteiger charge is -2.22. The average molecular weight is 434 g/mol. The van der Waals surface area contributed by atoms with Crippen LogP contribution in [0.4, 0.5) is 0 Å². The van der Waals surface area contributed by atoms with Gasteiger partial charge in [-0.1, -0.05) is 26.0 Å². The van der Waals surface area contributed by atoms with Crippen LogP contribution in [0.3, 0.4) is 0 Å². The van der Waals surface area contributed by atoms with E-state index in [-0.39, 0.29) is 17.5 Å². The SMILES string of the molecule is COc1ccc(CN[C@@H](c2cc(=O)n3[nH]c(-c4ccccn4)cc3n2)C(C)C)cc1OC. The van der Waals surface area contributed by atoms with E-state index in [9.17, 15) is 4.79 Å². The molecule has 3 aromatic heterocycles. The number of hydrogen-bond acceptors (Lipinski definition) is 6. The molecule has 0 radical (unpaired) electrons. The van der Waals surface area contributed by atoms with Gasteiger partial charge in [-0.25, -0.2) is 9.50 Å². The first kappa shape index (κ1) is 21.6. The second kappa shape index (κ2) is 9.23. The van der Waals surface area contributed by atoms with Crippen LogP contribution in [0.15, 0.2) is 59.5 Å². The molecule has 4 aromatic rings. The van der Waals surface area contributed by atoms with Gasteiger partial charge in [0.25, 0.3) is 5.56 Å². The Morgan fingerprint density at radius 2 is 1.88 bits per heavy atom. The fourth-order valence-electron chi connectivity index (χ4n) is 3.72. The third kappa shape index (κ3) is 4.36. The van der Waals surface area contributed by atoms with Gasteiger partial charge < -0.3 is 14.8 Å². The molecule has 0 saturated heterocycles. The second-order valence-electron chi connectivity index (χ2n) is 7.89. The highest BCUT2D eigenvalue weighted by Crippen LogP contribution is 2.28. The van der Waals surface area contributed by atoms with Crippen molar-refractivity contribution in [3.63, 3.8) is 0 Å². The quantitative estimate of drug-likeness (QED) is 0.441. The summed E-state index contributed by atoms with van der Waals surface area (Å²) in [7, 11) is 3.24. The summed E-state index contributed by atoms with van der Waals surface area (Å²) in [4.78, 5) is 21.9. The van der Waals surface area contributed by atoms with Crippen molar-refractivity contribution in [2.75, 3.05) is 14.2 Å². The topological polar surface area (TPSA) is 93.5 Å². The van der Waals surface area contributed by atoms with Gasteiger partial charge in [0.05, 0.1) is 37.3 Å². The minimum absolute atomic E-state index is 0.103. The molecule has 32 heavy (non-hydrogen) atoms. The molecule has 2 N–H and O–H groups in total. The number of aromatic amines is 1. The van der Waals surface area contributed by atoms with Gasteiger partial charge in [-0.2, -0.15) is 0 Å². The van der Waals surface area contributed by atoms with Gasteiger partial charge >= 0.3 is 0 Å². The van der Waals surface area contributed by atoms with Crippen molar-refractivity contribution in [3.8, 4) is 22.9 Å². The summed E-state index contributed by atoms with van der Waals surface area (Å²) in [6, 6.07) is 14.8. The Morgan fingerprint density at radius 3 is 2.56 bits per heavy atom. The Morgan fingerprint density at radius 1 is 1.06 bits per heavy atom. The Kier molecular flexibility index (Phi) is 6.23. The first-order valence-electron chi connectivity index (χ1n) is 10.5. The third-order valence-corrected chi connectivity index (χ3v) is 5.37. The molecule has 1 aromatic carbocycles. The van der Waals surface area contributed by atoms with Crippen LogP contribution in [0.1, 0.15) is 31.1 Å². The fourth-order valence-corrected chi connectivity index (χ4v) is 3.72. The molecule has 0 aliphatic carbocycles. The molecule has 4 rings (SSSR count). The number of ether oxygens (including phenoxy) is 2. The van der Waals surface area contributed by atoms with Crippen molar-refractivity contribution in [2.45, 2.75) is 26.4 Å². The normalized spacial score (nSPS) is 12.3. The van der Waals surface area contributed by atoms with Crippen molar-refractivity contribution in [1.29, 1.82) is 0 Å². The predicted octanol–water partition coefficient (Wildman–Crippen LogP) is 3.59. The maximum absolute atomic E-state index is 12.8. The van der Waals surface area contributed by atoms with E-state index in [1.165, 1.54) is 4.52 Å². The van der Waals surface area contributed by atoms with E-state index in [1.807, 2.05) is 42.5 Å². The Bertz CT molecular complexity index is 1260. The molecule has 0 aliphatic heterocycles. The summed E-state index contributed by atoms with van der Waals surface area (Å²) >= 11 is 0. The summed E-state index contributed by atoms with van der Waals surface area (Å²) in [6.45, 7) is 4.80. The standard InChI is InChI=1S/C24H27N5O3/c1-15(2)24(26-14-16-8-9-20(31-3)21(11-16)32-4)19-13-23(30)29-22(27-19)12-18(28-29)17-7-5-6-10-25-17/h5-13,15,24,26,28H,14H2,1-4H3/t24-/m1/s1. The molecule has 0 aliphatic rings. The van der Waals surface area contributed by atoms with Crippen LogP contribution >= 0.6 is 0 Å². The molecular weight excluding hydrogens is 406 g/mol. The van der Waals surface area contributed by atoms with Crippen LogP contribution in [-0.2, 0) is 6.54 Å². The van der Waals surface area contributed by atoms with Crippen LogP contribution in [-0.4, -0.2) is 33.8 Å². The lowest BCUT2D eigenvalue weighted by molar-refractivity contribution is 0.353. The molecule has 8 heteroatoms. The molecule has 0 saturated carbocycles. The number of pyridine rings is 1. The molecule has 8 nitrogen and oxygen atoms in total. The number of rotatable bonds is 8. The highest BCUT2D eigenvalue weighted by Gasteiger charge is 2.20. The van der Waals surface area contributed by atoms with Crippen LogP contribution in [0.2, 0.25) is 0 Å². The van der Waals surface area contributed by atoms with E-state index < -0.39 is 0 Å². The van der Waals surface area contributed by atoms with Crippen molar-refractivity contribution < 1.29 is 9.47 Å². The zero-order chi connectivity index (χ0) is 22.7. The molecule has 1 atom stereocenters. The summed E-state index contributed by atoms with van der Waals surface area (Å²) < 4.78 is 12.2. The summed E-state index contributed by atoms with van der Waals surface area (Å²) in [5.74, 6) is 1.59. The van der Waals surface area contributed by atoms with Crippen molar-refractivity contribution in [2.24, 2.45) is 5.92 Å². The van der Waals surface area contributed by atoms with Gasteiger partial charge in [0, 0.05) is 24.9 Å². The fraction of sp³-hybridized carbons (Fsp3) is 0.292. The number of fused-ring (bicyclic) bond motifs is 1. The number of nitrogens with zero attached hydrogens (tertiary/aromatic N) is 3. The molecule has 0 unspecified atom stereocenters. The van der Waals surface area contributed by atoms with E-state index in [1.54, 1.807) is 26.5 Å². The average Bonchev–Trinajstić information content (AvgIpc) is 3.24. The molecular formula is C24H27N5O3. The van der Waals surface area contributed by atoms with Gasteiger partial charge in [0.2, 0.25) is 0 Å². The number of aromatic nitrogens is 4. The molecule has 0 amide bonds. The van der Waals surface area contributed by atoms with Crippen LogP contribution in [0.5, 0.6) is 11.5 Å². The minimum Gasteiger partial charge on any atom is -0.493 e. The van der Waals surface area contributed by atoms with E-state index >= 15 is 0 Å². The Labute approximate surface area is 186 Å². The van der Waals surface area contributed by atoms with Gasteiger partial charge in [-0.15, -0.1) is 0 Å². The largest absolute Gasteiger partial charge is 0.493 e. The maximum atomic E-state index is 12.8. The second-order valence-corrected chi connectivity index (χ2v) is 7.89. The lowest BCUT2D eigenvalue weighted by atomic mass is 10.00. The number of H-pyrrole nitrogens is 1. The van der Waals surface area contributed by atoms with Gasteiger partial charge in [0.15, 0.2) is 17.1 Å². The summed E-state index contributed by atoms with van der Waals surface area (Å²) in [5.41, 5.74) is 3.65. The number of methoxy groups -OCH3 is 2. The van der Waals surface area contributed by atoms with Crippen LogP contribution in [0, 0.1) is 5.92 Å². The molecule has 0 fully saturated rings. The molecule has 0 bridgehead atoms. The van der Waals surface area contributed by atoms with E-state index in [0.29, 0.717) is 29.4 Å². The predicted molar refractivity (Wildman–Crippen MR) is 123 cm³/mol. The van der Waals surface area contributed by atoms with E-state index in [2.05, 4.69) is 29.2 Å². The lowest BCUT2D eigenvalue weighted by Crippen LogP contribution is -2.28. The van der Waals surface area contributed by atoms with Gasteiger partial charge in [-0.05, 0) is 35.7 Å². The number of nitrogens with one attached hydrogen (secondary N) is 2. The first-order chi connectivity index (χ1) is 15.5. The summed E-state index contributed by atoms with van der Waals surface area (Å²) in [6.07, 6.45) is 1.72. The monoisotopic (exact) mass is 433 g/mol. The molecule has 0 spiro atoms. The third-order valence-electron chi connectivity index (χ3n) is 5.37. The number of hydrogen-bond donors (Lipinski definition) is 2. The van der Waals surface area contributed by atoms with Gasteiger partial charge in [0.1, 0.15) is 0 Å². The van der Waals surface area contributed by atoms with Crippen LogP contribution < -0.4 is 20.3 Å². The first-order valence-corrected chi connectivity index (χ1v) is 10.5. The number of benzene rings is 1. The van der Waals surface area contributed by atoms with E-state index in [4.69, 9.17) is 14.5 Å². The highest BCUT2D eigenvalue weighted by atomic mass is 16.5. The van der Waals surface area contributed by atoms with Crippen LogP contribution in [0.25, 0.3) is 17.0 Å². The van der Waals surface area contributed by atoms with Crippen molar-refractivity contribution >= 4 is 5.65 Å². The summed E-state index contributed by atoms with van der Waals surface area (Å²) in [5, 5.41) is 6.63. The Balaban J connectivity index is 1.62. The maximum Gasteiger partial charge on any atom is 0.272 e. The smallest absolute Gasteiger partial charge is 0.272 e. The minimum atomic E-state index is -0.161. The van der Waals surface area contributed by atoms with Crippen molar-refractivity contribution in [1.82, 2.24) is 24.9 Å². The molecule has 3 heterocycles.